The first-order valence-corrected chi connectivity index (χ1v) is 7.50. The summed E-state index contributed by atoms with van der Waals surface area (Å²) in [5.74, 6) is 0. The van der Waals surface area contributed by atoms with E-state index in [2.05, 4.69) is 46.2 Å². The van der Waals surface area contributed by atoms with Crippen molar-refractivity contribution in [2.45, 2.75) is 30.9 Å². The van der Waals surface area contributed by atoms with Crippen LogP contribution in [-0.4, -0.2) is 35.6 Å². The second-order valence-electron chi connectivity index (χ2n) is 4.31. The van der Waals surface area contributed by atoms with E-state index in [1.54, 1.807) is 11.3 Å². The molecule has 16 heavy (non-hydrogen) atoms. The first-order valence-electron chi connectivity index (χ1n) is 5.68. The molecule has 1 N–H and O–H groups in total. The molecule has 1 aromatic rings. The number of nitrogens with one attached hydrogen (secondary N) is 1. The van der Waals surface area contributed by atoms with Crippen molar-refractivity contribution in [2.75, 3.05) is 25.0 Å². The summed E-state index contributed by atoms with van der Waals surface area (Å²) in [6.07, 6.45) is 0. The molecule has 0 radical (unpaired) electrons. The van der Waals surface area contributed by atoms with Gasteiger partial charge in [-0.25, -0.2) is 4.98 Å². The molecule has 2 rings (SSSR count). The highest BCUT2D eigenvalue weighted by Gasteiger charge is 2.24. The fraction of sp³-hybridized carbons (Fsp3) is 0.727. The number of thiazole rings is 1. The maximum atomic E-state index is 4.67. The first-order chi connectivity index (χ1) is 7.69. The Labute approximate surface area is 106 Å². The average molecular weight is 257 g/mol. The average Bonchev–Trinajstić information content (AvgIpc) is 2.65. The van der Waals surface area contributed by atoms with Gasteiger partial charge in [0.1, 0.15) is 0 Å². The van der Waals surface area contributed by atoms with Gasteiger partial charge in [-0.15, -0.1) is 11.3 Å². The molecule has 1 fully saturated rings. The lowest BCUT2D eigenvalue weighted by Gasteiger charge is -2.34. The zero-order valence-electron chi connectivity index (χ0n) is 10.1. The second-order valence-corrected chi connectivity index (χ2v) is 7.03. The van der Waals surface area contributed by atoms with E-state index in [0.717, 1.165) is 25.3 Å². The molecule has 2 atom stereocenters. The van der Waals surface area contributed by atoms with Gasteiger partial charge in [-0.05, 0) is 7.05 Å². The Morgan fingerprint density at radius 2 is 2.12 bits per heavy atom. The van der Waals surface area contributed by atoms with Crippen molar-refractivity contribution < 1.29 is 0 Å². The highest BCUT2D eigenvalue weighted by Crippen LogP contribution is 2.30. The van der Waals surface area contributed by atoms with Crippen LogP contribution in [0.2, 0.25) is 0 Å². The monoisotopic (exact) mass is 257 g/mol. The number of aromatic nitrogens is 1. The lowest BCUT2D eigenvalue weighted by Crippen LogP contribution is -2.40. The predicted molar refractivity (Wildman–Crippen MR) is 73.6 cm³/mol. The van der Waals surface area contributed by atoms with E-state index < -0.39 is 0 Å². The Hall–Kier alpha value is -0.260. The summed E-state index contributed by atoms with van der Waals surface area (Å²) >= 11 is 3.85. The van der Waals surface area contributed by atoms with Gasteiger partial charge in [0.05, 0.1) is 5.69 Å². The number of anilines is 1. The van der Waals surface area contributed by atoms with Gasteiger partial charge in [0.15, 0.2) is 5.13 Å². The van der Waals surface area contributed by atoms with E-state index in [1.807, 2.05) is 7.05 Å². The van der Waals surface area contributed by atoms with E-state index in [1.165, 1.54) is 5.13 Å². The predicted octanol–water partition coefficient (Wildman–Crippen LogP) is 2.19. The van der Waals surface area contributed by atoms with Gasteiger partial charge in [0, 0.05) is 35.5 Å². The normalized spacial score (nSPS) is 26.1. The minimum atomic E-state index is 0.709. The van der Waals surface area contributed by atoms with Crippen LogP contribution in [0, 0.1) is 0 Å². The molecule has 1 saturated heterocycles. The zero-order valence-corrected chi connectivity index (χ0v) is 11.7. The van der Waals surface area contributed by atoms with Gasteiger partial charge < -0.3 is 10.2 Å². The maximum absolute atomic E-state index is 4.67. The van der Waals surface area contributed by atoms with Crippen molar-refractivity contribution in [1.82, 2.24) is 10.3 Å². The smallest absolute Gasteiger partial charge is 0.185 e. The van der Waals surface area contributed by atoms with Crippen molar-refractivity contribution in [1.29, 1.82) is 0 Å². The van der Waals surface area contributed by atoms with Crippen LogP contribution >= 0.6 is 23.1 Å². The fourth-order valence-electron chi connectivity index (χ4n) is 2.04. The van der Waals surface area contributed by atoms with E-state index in [-0.39, 0.29) is 0 Å². The SMILES string of the molecule is CNCc1csc(N2CC(C)SC(C)C2)n1. The molecule has 5 heteroatoms. The standard InChI is InChI=1S/C11H19N3S2/c1-8-5-14(6-9(2)16-8)11-13-10(4-12-3)7-15-11/h7-9,12H,4-6H2,1-3H3. The second kappa shape index (κ2) is 5.38. The van der Waals surface area contributed by atoms with Gasteiger partial charge >= 0.3 is 0 Å². The minimum Gasteiger partial charge on any atom is -0.346 e. The number of thioether (sulfide) groups is 1. The molecule has 1 aliphatic rings. The van der Waals surface area contributed by atoms with Crippen molar-refractivity contribution >= 4 is 28.2 Å². The third-order valence-corrected chi connectivity index (χ3v) is 4.77. The highest BCUT2D eigenvalue weighted by molar-refractivity contribution is 8.00. The molecule has 2 unspecified atom stereocenters. The quantitative estimate of drug-likeness (QED) is 0.898. The van der Waals surface area contributed by atoms with Crippen LogP contribution in [0.25, 0.3) is 0 Å². The Kier molecular flexibility index (Phi) is 4.10. The summed E-state index contributed by atoms with van der Waals surface area (Å²) in [6, 6.07) is 0. The topological polar surface area (TPSA) is 28.2 Å². The number of rotatable bonds is 3. The summed E-state index contributed by atoms with van der Waals surface area (Å²) in [4.78, 5) is 7.09. The van der Waals surface area contributed by atoms with E-state index >= 15 is 0 Å². The van der Waals surface area contributed by atoms with E-state index in [4.69, 9.17) is 0 Å². The van der Waals surface area contributed by atoms with Crippen LogP contribution in [0.5, 0.6) is 0 Å². The highest BCUT2D eigenvalue weighted by atomic mass is 32.2. The van der Waals surface area contributed by atoms with Crippen LogP contribution in [-0.2, 0) is 6.54 Å². The molecule has 0 amide bonds. The lowest BCUT2D eigenvalue weighted by molar-refractivity contribution is 0.720. The van der Waals surface area contributed by atoms with E-state index in [0.29, 0.717) is 10.5 Å². The van der Waals surface area contributed by atoms with E-state index in [9.17, 15) is 0 Å². The van der Waals surface area contributed by atoms with Crippen molar-refractivity contribution in [2.24, 2.45) is 0 Å². The molecule has 0 spiro atoms. The zero-order chi connectivity index (χ0) is 11.5. The van der Waals surface area contributed by atoms with Crippen LogP contribution < -0.4 is 10.2 Å². The Bertz CT molecular complexity index is 330. The number of hydrogen-bond acceptors (Lipinski definition) is 5. The number of nitrogens with zero attached hydrogens (tertiary/aromatic N) is 2. The van der Waals surface area contributed by atoms with Crippen molar-refractivity contribution in [3.05, 3.63) is 11.1 Å². The molecule has 0 aromatic carbocycles. The van der Waals surface area contributed by atoms with Crippen LogP contribution in [0.15, 0.2) is 5.38 Å². The molecule has 0 bridgehead atoms. The summed E-state index contributed by atoms with van der Waals surface area (Å²) < 4.78 is 0. The first kappa shape index (κ1) is 12.2. The Balaban J connectivity index is 2.04. The molecule has 0 saturated carbocycles. The van der Waals surface area contributed by atoms with Crippen molar-refractivity contribution in [3.8, 4) is 0 Å². The van der Waals surface area contributed by atoms with Gasteiger partial charge in [-0.1, -0.05) is 13.8 Å². The van der Waals surface area contributed by atoms with Gasteiger partial charge in [-0.2, -0.15) is 11.8 Å². The summed E-state index contributed by atoms with van der Waals surface area (Å²) in [7, 11) is 1.96. The van der Waals surface area contributed by atoms with Gasteiger partial charge in [0.25, 0.3) is 0 Å². The van der Waals surface area contributed by atoms with Crippen LogP contribution in [0.3, 0.4) is 0 Å². The molecular weight excluding hydrogens is 238 g/mol. The molecule has 3 nitrogen and oxygen atoms in total. The Morgan fingerprint density at radius 1 is 1.44 bits per heavy atom. The van der Waals surface area contributed by atoms with Crippen molar-refractivity contribution in [3.63, 3.8) is 0 Å². The largest absolute Gasteiger partial charge is 0.346 e. The molecule has 2 heterocycles. The summed E-state index contributed by atoms with van der Waals surface area (Å²) in [5, 5.41) is 7.90. The van der Waals surface area contributed by atoms with Gasteiger partial charge in [0.2, 0.25) is 0 Å². The maximum Gasteiger partial charge on any atom is 0.185 e. The summed E-state index contributed by atoms with van der Waals surface area (Å²) in [5.41, 5.74) is 1.15. The fourth-order valence-corrected chi connectivity index (χ4v) is 4.21. The molecule has 90 valence electrons. The number of hydrogen-bond donors (Lipinski definition) is 1. The molecular formula is C11H19N3S2. The molecule has 0 aliphatic carbocycles. The third-order valence-electron chi connectivity index (χ3n) is 2.59. The Morgan fingerprint density at radius 3 is 2.75 bits per heavy atom. The van der Waals surface area contributed by atoms with Crippen LogP contribution in [0.4, 0.5) is 5.13 Å². The molecule has 1 aromatic heterocycles. The minimum absolute atomic E-state index is 0.709. The lowest BCUT2D eigenvalue weighted by atomic mass is 10.3. The third kappa shape index (κ3) is 2.90. The summed E-state index contributed by atoms with van der Waals surface area (Å²) in [6.45, 7) is 7.72. The molecule has 1 aliphatic heterocycles. The van der Waals surface area contributed by atoms with Crippen LogP contribution in [0.1, 0.15) is 19.5 Å². The van der Waals surface area contributed by atoms with Gasteiger partial charge in [-0.3, -0.25) is 0 Å².